The molecule has 1 aromatic heterocycles. The Kier molecular flexibility index (Phi) is 3.15. The lowest BCUT2D eigenvalue weighted by Gasteiger charge is -2.26. The minimum Gasteiger partial charge on any atom is -0.379 e. The first kappa shape index (κ1) is 9.94. The maximum atomic E-state index is 11.4. The summed E-state index contributed by atoms with van der Waals surface area (Å²) >= 11 is 0. The fourth-order valence-corrected chi connectivity index (χ4v) is 1.24. The second-order valence-electron chi connectivity index (χ2n) is 3.04. The molecule has 0 radical (unpaired) electrons. The number of hydrogen-bond acceptors (Lipinski definition) is 5. The Morgan fingerprint density at radius 1 is 1.47 bits per heavy atom. The van der Waals surface area contributed by atoms with Gasteiger partial charge in [-0.3, -0.25) is 10.7 Å². The number of carbonyl (C=O) groups excluding carboxylic acids is 1. The average Bonchev–Trinajstić information content (AvgIpc) is 2.71. The number of ether oxygens (including phenoxy) is 1. The summed E-state index contributed by atoms with van der Waals surface area (Å²) in [5, 5.41) is 7.77. The monoisotopic (exact) mass is 212 g/mol. The number of hydrazine groups is 1. The third kappa shape index (κ3) is 2.93. The number of nitrogens with one attached hydrogen (secondary N) is 2. The van der Waals surface area contributed by atoms with E-state index in [4.69, 9.17) is 9.26 Å². The largest absolute Gasteiger partial charge is 0.379 e. The first-order valence-electron chi connectivity index (χ1n) is 4.65. The smallest absolute Gasteiger partial charge is 0.336 e. The zero-order chi connectivity index (χ0) is 10.5. The molecule has 15 heavy (non-hydrogen) atoms. The number of rotatable bonds is 2. The Bertz CT molecular complexity index is 308. The molecule has 0 saturated carbocycles. The zero-order valence-electron chi connectivity index (χ0n) is 8.10. The first-order chi connectivity index (χ1) is 7.34. The van der Waals surface area contributed by atoms with E-state index in [1.165, 1.54) is 6.20 Å². The molecule has 0 bridgehead atoms. The van der Waals surface area contributed by atoms with Gasteiger partial charge in [0, 0.05) is 19.2 Å². The summed E-state index contributed by atoms with van der Waals surface area (Å²) in [5.74, 6) is 0.320. The average molecular weight is 212 g/mol. The van der Waals surface area contributed by atoms with E-state index in [1.807, 2.05) is 0 Å². The lowest BCUT2D eigenvalue weighted by atomic mass is 10.5. The van der Waals surface area contributed by atoms with E-state index in [-0.39, 0.29) is 6.03 Å². The van der Waals surface area contributed by atoms with Crippen LogP contribution in [0.2, 0.25) is 0 Å². The number of urea groups is 1. The SMILES string of the molecule is O=C(Nc1ccno1)NN1CCOCC1. The lowest BCUT2D eigenvalue weighted by molar-refractivity contribution is 0.0207. The van der Waals surface area contributed by atoms with E-state index in [1.54, 1.807) is 11.1 Å². The topological polar surface area (TPSA) is 79.6 Å². The van der Waals surface area contributed by atoms with Crippen LogP contribution in [0.3, 0.4) is 0 Å². The van der Waals surface area contributed by atoms with Crippen LogP contribution in [-0.4, -0.2) is 42.5 Å². The quantitative estimate of drug-likeness (QED) is 0.723. The van der Waals surface area contributed by atoms with Gasteiger partial charge in [0.05, 0.1) is 19.4 Å². The molecule has 1 aliphatic heterocycles. The van der Waals surface area contributed by atoms with Crippen molar-refractivity contribution in [1.82, 2.24) is 15.6 Å². The van der Waals surface area contributed by atoms with E-state index in [9.17, 15) is 4.79 Å². The van der Waals surface area contributed by atoms with Crippen LogP contribution in [-0.2, 0) is 4.74 Å². The molecule has 7 heteroatoms. The molecular weight excluding hydrogens is 200 g/mol. The first-order valence-corrected chi connectivity index (χ1v) is 4.65. The predicted molar refractivity (Wildman–Crippen MR) is 51.0 cm³/mol. The minimum absolute atomic E-state index is 0.320. The van der Waals surface area contributed by atoms with Crippen molar-refractivity contribution in [3.8, 4) is 0 Å². The Morgan fingerprint density at radius 2 is 2.27 bits per heavy atom. The van der Waals surface area contributed by atoms with Crippen molar-refractivity contribution in [3.05, 3.63) is 12.3 Å². The lowest BCUT2D eigenvalue weighted by Crippen LogP contribution is -2.49. The Labute approximate surface area is 86.3 Å². The van der Waals surface area contributed by atoms with E-state index in [0.29, 0.717) is 32.2 Å². The summed E-state index contributed by atoms with van der Waals surface area (Å²) in [6.07, 6.45) is 1.46. The minimum atomic E-state index is -0.339. The molecular formula is C8H12N4O3. The molecule has 0 aliphatic carbocycles. The molecule has 7 nitrogen and oxygen atoms in total. The number of anilines is 1. The maximum absolute atomic E-state index is 11.4. The van der Waals surface area contributed by atoms with Crippen molar-refractivity contribution in [2.75, 3.05) is 31.6 Å². The summed E-state index contributed by atoms with van der Waals surface area (Å²) in [7, 11) is 0. The van der Waals surface area contributed by atoms with Gasteiger partial charge in [-0.05, 0) is 0 Å². The van der Waals surface area contributed by atoms with Crippen LogP contribution in [0.4, 0.5) is 10.7 Å². The van der Waals surface area contributed by atoms with E-state index in [2.05, 4.69) is 15.9 Å². The highest BCUT2D eigenvalue weighted by molar-refractivity contribution is 5.87. The Hall–Kier alpha value is -1.60. The number of amides is 2. The van der Waals surface area contributed by atoms with Crippen LogP contribution in [0.1, 0.15) is 0 Å². The van der Waals surface area contributed by atoms with Gasteiger partial charge in [0.1, 0.15) is 0 Å². The predicted octanol–water partition coefficient (Wildman–Crippen LogP) is 0.0433. The van der Waals surface area contributed by atoms with Crippen LogP contribution in [0.15, 0.2) is 16.8 Å². The van der Waals surface area contributed by atoms with Crippen molar-refractivity contribution in [2.45, 2.75) is 0 Å². The highest BCUT2D eigenvalue weighted by atomic mass is 16.5. The number of aromatic nitrogens is 1. The van der Waals surface area contributed by atoms with Gasteiger partial charge in [-0.2, -0.15) is 0 Å². The van der Waals surface area contributed by atoms with Gasteiger partial charge in [0.15, 0.2) is 0 Å². The summed E-state index contributed by atoms with van der Waals surface area (Å²) in [4.78, 5) is 11.4. The second-order valence-corrected chi connectivity index (χ2v) is 3.04. The molecule has 1 aliphatic rings. The summed E-state index contributed by atoms with van der Waals surface area (Å²) in [6, 6.07) is 1.23. The maximum Gasteiger partial charge on any atom is 0.336 e. The number of hydrogen-bond donors (Lipinski definition) is 2. The van der Waals surface area contributed by atoms with Gasteiger partial charge in [-0.1, -0.05) is 5.16 Å². The molecule has 2 N–H and O–H groups in total. The normalized spacial score (nSPS) is 17.3. The van der Waals surface area contributed by atoms with Gasteiger partial charge in [-0.25, -0.2) is 9.80 Å². The highest BCUT2D eigenvalue weighted by Crippen LogP contribution is 2.02. The molecule has 2 heterocycles. The molecule has 1 fully saturated rings. The Balaban J connectivity index is 1.76. The third-order valence-electron chi connectivity index (χ3n) is 1.95. The summed E-state index contributed by atoms with van der Waals surface area (Å²) in [6.45, 7) is 2.62. The van der Waals surface area contributed by atoms with Crippen LogP contribution in [0.5, 0.6) is 0 Å². The second kappa shape index (κ2) is 4.76. The zero-order valence-corrected chi connectivity index (χ0v) is 8.10. The van der Waals surface area contributed by atoms with Crippen LogP contribution in [0.25, 0.3) is 0 Å². The fraction of sp³-hybridized carbons (Fsp3) is 0.500. The number of carbonyl (C=O) groups is 1. The van der Waals surface area contributed by atoms with Crippen LogP contribution in [0, 0.1) is 0 Å². The number of nitrogens with zero attached hydrogens (tertiary/aromatic N) is 2. The third-order valence-corrected chi connectivity index (χ3v) is 1.95. The molecule has 2 rings (SSSR count). The van der Waals surface area contributed by atoms with E-state index in [0.717, 1.165) is 0 Å². The van der Waals surface area contributed by atoms with Gasteiger partial charge >= 0.3 is 6.03 Å². The van der Waals surface area contributed by atoms with Gasteiger partial charge in [0.25, 0.3) is 0 Å². The van der Waals surface area contributed by atoms with Crippen molar-refractivity contribution < 1.29 is 14.1 Å². The molecule has 0 spiro atoms. The summed E-state index contributed by atoms with van der Waals surface area (Å²) in [5.41, 5.74) is 2.67. The van der Waals surface area contributed by atoms with Crippen molar-refractivity contribution >= 4 is 11.9 Å². The van der Waals surface area contributed by atoms with Crippen molar-refractivity contribution in [3.63, 3.8) is 0 Å². The van der Waals surface area contributed by atoms with Gasteiger partial charge < -0.3 is 9.26 Å². The van der Waals surface area contributed by atoms with Crippen molar-refractivity contribution in [1.29, 1.82) is 0 Å². The molecule has 1 aromatic rings. The molecule has 0 atom stereocenters. The molecule has 1 saturated heterocycles. The van der Waals surface area contributed by atoms with Gasteiger partial charge in [0.2, 0.25) is 5.88 Å². The summed E-state index contributed by atoms with van der Waals surface area (Å²) < 4.78 is 9.87. The van der Waals surface area contributed by atoms with E-state index < -0.39 is 0 Å². The highest BCUT2D eigenvalue weighted by Gasteiger charge is 2.13. The molecule has 82 valence electrons. The van der Waals surface area contributed by atoms with Gasteiger partial charge in [-0.15, -0.1) is 0 Å². The standard InChI is InChI=1S/C8H12N4O3/c13-8(10-7-1-2-9-15-7)11-12-3-5-14-6-4-12/h1-2H,3-6H2,(H2,10,11,13). The van der Waals surface area contributed by atoms with Crippen molar-refractivity contribution in [2.24, 2.45) is 0 Å². The van der Waals surface area contributed by atoms with Crippen LogP contribution < -0.4 is 10.7 Å². The molecule has 0 unspecified atom stereocenters. The molecule has 2 amide bonds. The fourth-order valence-electron chi connectivity index (χ4n) is 1.24. The van der Waals surface area contributed by atoms with Crippen LogP contribution >= 0.6 is 0 Å². The number of morpholine rings is 1. The Morgan fingerprint density at radius 3 is 2.93 bits per heavy atom. The van der Waals surface area contributed by atoms with E-state index >= 15 is 0 Å². The molecule has 0 aromatic carbocycles.